The fraction of sp³-hybridized carbons (Fsp3) is 0.500. The Bertz CT molecular complexity index is 417. The van der Waals surface area contributed by atoms with Crippen LogP contribution in [0.4, 0.5) is 4.39 Å². The minimum atomic E-state index is -0.398. The summed E-state index contributed by atoms with van der Waals surface area (Å²) in [5, 5.41) is 0.171. The van der Waals surface area contributed by atoms with Crippen LogP contribution >= 0.6 is 11.6 Å². The first-order chi connectivity index (χ1) is 8.18. The van der Waals surface area contributed by atoms with Crippen molar-refractivity contribution in [1.29, 1.82) is 0 Å². The van der Waals surface area contributed by atoms with Gasteiger partial charge in [0.2, 0.25) is 0 Å². The molecule has 1 aromatic rings. The lowest BCUT2D eigenvalue weighted by molar-refractivity contribution is -0.122. The van der Waals surface area contributed by atoms with E-state index in [0.717, 1.165) is 31.2 Å². The quantitative estimate of drug-likeness (QED) is 0.724. The van der Waals surface area contributed by atoms with Gasteiger partial charge in [-0.25, -0.2) is 4.39 Å². The maximum absolute atomic E-state index is 13.3. The van der Waals surface area contributed by atoms with E-state index < -0.39 is 5.82 Å². The molecule has 92 valence electrons. The molecule has 0 radical (unpaired) electrons. The van der Waals surface area contributed by atoms with Gasteiger partial charge >= 0.3 is 0 Å². The highest BCUT2D eigenvalue weighted by Crippen LogP contribution is 2.27. The Hall–Kier alpha value is -0.890. The van der Waals surface area contributed by atoms with Crippen LogP contribution in [0.5, 0.6) is 0 Å². The number of rotatable bonds is 2. The molecule has 1 atom stereocenters. The Morgan fingerprint density at radius 3 is 2.94 bits per heavy atom. The van der Waals surface area contributed by atoms with Gasteiger partial charge in [-0.3, -0.25) is 4.79 Å². The van der Waals surface area contributed by atoms with Crippen molar-refractivity contribution in [2.24, 2.45) is 5.92 Å². The molecule has 0 spiro atoms. The van der Waals surface area contributed by atoms with Gasteiger partial charge in [0.05, 0.1) is 5.02 Å². The molecule has 1 unspecified atom stereocenters. The van der Waals surface area contributed by atoms with Gasteiger partial charge in [0, 0.05) is 12.3 Å². The highest BCUT2D eigenvalue weighted by molar-refractivity contribution is 6.31. The molecule has 0 aliphatic heterocycles. The third-order valence-electron chi connectivity index (χ3n) is 3.43. The third-order valence-corrected chi connectivity index (χ3v) is 3.85. The normalized spacial score (nSPS) is 21.3. The fourth-order valence-electron chi connectivity index (χ4n) is 2.42. The summed E-state index contributed by atoms with van der Waals surface area (Å²) < 4.78 is 13.3. The Labute approximate surface area is 106 Å². The smallest absolute Gasteiger partial charge is 0.142 e. The van der Waals surface area contributed by atoms with Crippen LogP contribution in [-0.2, 0) is 11.2 Å². The molecule has 1 fully saturated rings. The molecule has 1 nitrogen and oxygen atoms in total. The van der Waals surface area contributed by atoms with Crippen LogP contribution in [0.2, 0.25) is 5.02 Å². The third kappa shape index (κ3) is 3.06. The second-order valence-electron chi connectivity index (χ2n) is 4.68. The van der Waals surface area contributed by atoms with Crippen molar-refractivity contribution in [2.75, 3.05) is 0 Å². The fourth-order valence-corrected chi connectivity index (χ4v) is 2.62. The lowest BCUT2D eigenvalue weighted by atomic mass is 9.91. The van der Waals surface area contributed by atoms with E-state index >= 15 is 0 Å². The number of hydrogen-bond donors (Lipinski definition) is 0. The Morgan fingerprint density at radius 2 is 2.12 bits per heavy atom. The molecule has 0 aromatic heterocycles. The zero-order valence-electron chi connectivity index (χ0n) is 9.72. The van der Waals surface area contributed by atoms with E-state index in [1.54, 1.807) is 6.07 Å². The van der Waals surface area contributed by atoms with Gasteiger partial charge in [-0.15, -0.1) is 0 Å². The maximum atomic E-state index is 13.3. The Kier molecular flexibility index (Phi) is 4.16. The van der Waals surface area contributed by atoms with Crippen molar-refractivity contribution in [3.05, 3.63) is 34.6 Å². The summed E-state index contributed by atoms with van der Waals surface area (Å²) in [5.41, 5.74) is 0.756. The highest BCUT2D eigenvalue weighted by atomic mass is 35.5. The second-order valence-corrected chi connectivity index (χ2v) is 5.06. The molecule has 2 rings (SSSR count). The van der Waals surface area contributed by atoms with E-state index in [0.29, 0.717) is 18.6 Å². The summed E-state index contributed by atoms with van der Waals surface area (Å²) in [6.45, 7) is 0. The molecule has 0 bridgehead atoms. The van der Waals surface area contributed by atoms with Crippen molar-refractivity contribution in [3.8, 4) is 0 Å². The summed E-state index contributed by atoms with van der Waals surface area (Å²) in [6.07, 6.45) is 5.35. The van der Waals surface area contributed by atoms with Gasteiger partial charge in [-0.2, -0.15) is 0 Å². The van der Waals surface area contributed by atoms with Crippen LogP contribution in [0.25, 0.3) is 0 Å². The highest BCUT2D eigenvalue weighted by Gasteiger charge is 2.22. The van der Waals surface area contributed by atoms with Crippen molar-refractivity contribution >= 4 is 17.4 Å². The van der Waals surface area contributed by atoms with Crippen LogP contribution in [0.15, 0.2) is 18.2 Å². The number of benzene rings is 1. The summed E-state index contributed by atoms with van der Waals surface area (Å²) in [4.78, 5) is 11.9. The van der Waals surface area contributed by atoms with Gasteiger partial charge in [-0.05, 0) is 30.9 Å². The molecular weight excluding hydrogens is 239 g/mol. The van der Waals surface area contributed by atoms with Gasteiger partial charge in [-0.1, -0.05) is 36.6 Å². The molecule has 1 aliphatic carbocycles. The minimum absolute atomic E-state index is 0.0248. The maximum Gasteiger partial charge on any atom is 0.142 e. The topological polar surface area (TPSA) is 17.1 Å². The molecule has 1 saturated carbocycles. The van der Waals surface area contributed by atoms with Gasteiger partial charge in [0.25, 0.3) is 0 Å². The zero-order chi connectivity index (χ0) is 12.3. The molecule has 1 aromatic carbocycles. The predicted octanol–water partition coefficient (Wildman–Crippen LogP) is 4.17. The monoisotopic (exact) mass is 254 g/mol. The van der Waals surface area contributed by atoms with Gasteiger partial charge in [0.15, 0.2) is 0 Å². The van der Waals surface area contributed by atoms with E-state index in [1.165, 1.54) is 6.07 Å². The van der Waals surface area contributed by atoms with Crippen molar-refractivity contribution < 1.29 is 9.18 Å². The molecule has 1 aliphatic rings. The lowest BCUT2D eigenvalue weighted by Crippen LogP contribution is -2.15. The van der Waals surface area contributed by atoms with E-state index in [4.69, 9.17) is 11.6 Å². The summed E-state index contributed by atoms with van der Waals surface area (Å²) >= 11 is 5.91. The van der Waals surface area contributed by atoms with E-state index in [9.17, 15) is 9.18 Å². The van der Waals surface area contributed by atoms with Gasteiger partial charge in [0.1, 0.15) is 11.6 Å². The van der Waals surface area contributed by atoms with E-state index in [-0.39, 0.29) is 10.9 Å². The summed E-state index contributed by atoms with van der Waals surface area (Å²) in [7, 11) is 0. The molecule has 17 heavy (non-hydrogen) atoms. The first-order valence-electron chi connectivity index (χ1n) is 6.14. The Morgan fingerprint density at radius 1 is 1.29 bits per heavy atom. The number of carbonyl (C=O) groups is 1. The molecule has 0 heterocycles. The number of hydrogen-bond acceptors (Lipinski definition) is 1. The van der Waals surface area contributed by atoms with Crippen LogP contribution in [0, 0.1) is 11.7 Å². The summed E-state index contributed by atoms with van der Waals surface area (Å²) in [6, 6.07) is 4.81. The number of carbonyl (C=O) groups excluding carboxylic acids is 1. The molecule has 3 heteroatoms. The SMILES string of the molecule is O=C1CCCCCC1Cc1cccc(F)c1Cl. The van der Waals surface area contributed by atoms with E-state index in [2.05, 4.69) is 0 Å². The first kappa shape index (κ1) is 12.6. The Balaban J connectivity index is 2.13. The van der Waals surface area contributed by atoms with Crippen molar-refractivity contribution in [1.82, 2.24) is 0 Å². The largest absolute Gasteiger partial charge is 0.299 e. The number of halogens is 2. The summed E-state index contributed by atoms with van der Waals surface area (Å²) in [5.74, 6) is -0.0649. The molecule has 0 saturated heterocycles. The van der Waals surface area contributed by atoms with Crippen molar-refractivity contribution in [2.45, 2.75) is 38.5 Å². The van der Waals surface area contributed by atoms with Crippen LogP contribution in [-0.4, -0.2) is 5.78 Å². The first-order valence-corrected chi connectivity index (χ1v) is 6.52. The predicted molar refractivity (Wildman–Crippen MR) is 66.7 cm³/mol. The van der Waals surface area contributed by atoms with Crippen LogP contribution in [0.1, 0.15) is 37.7 Å². The molecule has 0 N–H and O–H groups in total. The average molecular weight is 255 g/mol. The van der Waals surface area contributed by atoms with Crippen LogP contribution in [0.3, 0.4) is 0 Å². The van der Waals surface area contributed by atoms with Gasteiger partial charge < -0.3 is 0 Å². The number of ketones is 1. The minimum Gasteiger partial charge on any atom is -0.299 e. The molecular formula is C14H16ClFO. The zero-order valence-corrected chi connectivity index (χ0v) is 10.5. The molecule has 0 amide bonds. The lowest BCUT2D eigenvalue weighted by Gasteiger charge is -2.14. The second kappa shape index (κ2) is 5.63. The van der Waals surface area contributed by atoms with Crippen LogP contribution < -0.4 is 0 Å². The number of Topliss-reactive ketones (excluding diaryl/α,β-unsaturated/α-hetero) is 1. The average Bonchev–Trinajstić information content (AvgIpc) is 2.51. The van der Waals surface area contributed by atoms with E-state index in [1.807, 2.05) is 6.07 Å². The van der Waals surface area contributed by atoms with Crippen molar-refractivity contribution in [3.63, 3.8) is 0 Å². The standard InChI is InChI=1S/C14H16ClFO/c15-14-11(6-4-7-12(14)16)9-10-5-2-1-3-8-13(10)17/h4,6-7,10H,1-3,5,8-9H2.